The summed E-state index contributed by atoms with van der Waals surface area (Å²) in [6.07, 6.45) is 4.15. The average Bonchev–Trinajstić information content (AvgIpc) is 3.22. The Labute approximate surface area is 194 Å². The lowest BCUT2D eigenvalue weighted by atomic mass is 10.2. The number of thiophene rings is 1. The van der Waals surface area contributed by atoms with E-state index in [1.807, 2.05) is 72.5 Å². The van der Waals surface area contributed by atoms with Crippen molar-refractivity contribution in [2.24, 2.45) is 0 Å². The van der Waals surface area contributed by atoms with Crippen LogP contribution in [-0.4, -0.2) is 34.7 Å². The first-order chi connectivity index (χ1) is 15.5. The first-order valence-electron chi connectivity index (χ1n) is 10.9. The maximum Gasteiger partial charge on any atom is 0.247 e. The molecule has 0 atom stereocenters. The van der Waals surface area contributed by atoms with Crippen molar-refractivity contribution in [3.8, 4) is 0 Å². The first-order valence-corrected chi connectivity index (χ1v) is 11.8. The molecule has 0 unspecified atom stereocenters. The van der Waals surface area contributed by atoms with E-state index in [1.54, 1.807) is 28.4 Å². The fourth-order valence-electron chi connectivity index (χ4n) is 3.43. The van der Waals surface area contributed by atoms with Gasteiger partial charge in [-0.1, -0.05) is 67.6 Å². The Hall–Kier alpha value is -3.18. The third-order valence-electron chi connectivity index (χ3n) is 5.06. The Morgan fingerprint density at radius 1 is 0.875 bits per heavy atom. The van der Waals surface area contributed by atoms with Crippen molar-refractivity contribution in [1.29, 1.82) is 0 Å². The van der Waals surface area contributed by atoms with Crippen LogP contribution in [0.5, 0.6) is 0 Å². The maximum atomic E-state index is 13.3. The highest BCUT2D eigenvalue weighted by molar-refractivity contribution is 7.11. The molecule has 0 aliphatic carbocycles. The minimum atomic E-state index is -0.143. The summed E-state index contributed by atoms with van der Waals surface area (Å²) in [6, 6.07) is 23.8. The molecular weight excluding hydrogens is 416 g/mol. The van der Waals surface area contributed by atoms with Gasteiger partial charge < -0.3 is 9.80 Å². The summed E-state index contributed by atoms with van der Waals surface area (Å²) in [5, 5.41) is 0. The van der Waals surface area contributed by atoms with Crippen molar-refractivity contribution in [2.75, 3.05) is 13.1 Å². The number of nitrogens with zero attached hydrogens (tertiary/aromatic N) is 2. The van der Waals surface area contributed by atoms with Crippen molar-refractivity contribution in [3.63, 3.8) is 0 Å². The monoisotopic (exact) mass is 446 g/mol. The number of rotatable bonds is 10. The molecule has 166 valence electrons. The van der Waals surface area contributed by atoms with E-state index in [0.29, 0.717) is 19.6 Å². The number of benzene rings is 2. The third kappa shape index (κ3) is 7.20. The van der Waals surface area contributed by atoms with E-state index in [-0.39, 0.29) is 18.4 Å². The number of aryl methyl sites for hydroxylation is 1. The van der Waals surface area contributed by atoms with Gasteiger partial charge in [0, 0.05) is 28.9 Å². The Balaban J connectivity index is 1.73. The molecular formula is C27H30N2O2S. The SMILES string of the molecule is CCCN(CC(=O)N(Cc1ccccc1)Cc1ccc(C)s1)C(=O)C=Cc1ccccc1. The Bertz CT molecular complexity index is 1030. The van der Waals surface area contributed by atoms with Gasteiger partial charge in [0.1, 0.15) is 6.54 Å². The number of amides is 2. The molecule has 5 heteroatoms. The Morgan fingerprint density at radius 2 is 1.56 bits per heavy atom. The van der Waals surface area contributed by atoms with Gasteiger partial charge in [0.05, 0.1) is 6.54 Å². The fourth-order valence-corrected chi connectivity index (χ4v) is 4.34. The number of carbonyl (C=O) groups is 2. The zero-order chi connectivity index (χ0) is 22.8. The molecule has 0 spiro atoms. The van der Waals surface area contributed by atoms with Crippen LogP contribution in [0.3, 0.4) is 0 Å². The molecule has 2 amide bonds. The molecule has 0 aliphatic rings. The Morgan fingerprint density at radius 3 is 2.19 bits per heavy atom. The quantitative estimate of drug-likeness (QED) is 0.384. The molecule has 0 radical (unpaired) electrons. The van der Waals surface area contributed by atoms with E-state index in [2.05, 4.69) is 19.1 Å². The second-order valence-corrected chi connectivity index (χ2v) is 9.12. The van der Waals surface area contributed by atoms with Gasteiger partial charge in [-0.3, -0.25) is 9.59 Å². The van der Waals surface area contributed by atoms with Crippen LogP contribution < -0.4 is 0 Å². The van der Waals surface area contributed by atoms with Crippen LogP contribution in [0.25, 0.3) is 6.08 Å². The lowest BCUT2D eigenvalue weighted by molar-refractivity contribution is -0.139. The molecule has 1 heterocycles. The van der Waals surface area contributed by atoms with Gasteiger partial charge in [0.15, 0.2) is 0 Å². The minimum Gasteiger partial charge on any atom is -0.332 e. The van der Waals surface area contributed by atoms with Crippen LogP contribution in [0.4, 0.5) is 0 Å². The molecule has 0 bridgehead atoms. The standard InChI is InChI=1S/C27H30N2O2S/c1-3-18-28(26(30)17-15-23-10-6-4-7-11-23)21-27(31)29(19-24-12-8-5-9-13-24)20-25-16-14-22(2)32-25/h4-17H,3,18-21H2,1-2H3. The highest BCUT2D eigenvalue weighted by atomic mass is 32.1. The molecule has 0 fully saturated rings. The molecule has 0 saturated carbocycles. The van der Waals surface area contributed by atoms with E-state index < -0.39 is 0 Å². The first kappa shape index (κ1) is 23.5. The van der Waals surface area contributed by atoms with Crippen molar-refractivity contribution >= 4 is 29.2 Å². The normalized spacial score (nSPS) is 10.9. The van der Waals surface area contributed by atoms with Crippen molar-refractivity contribution < 1.29 is 9.59 Å². The second-order valence-electron chi connectivity index (χ2n) is 7.75. The predicted octanol–water partition coefficient (Wildman–Crippen LogP) is 5.54. The summed E-state index contributed by atoms with van der Waals surface area (Å²) < 4.78 is 0. The van der Waals surface area contributed by atoms with Crippen LogP contribution in [-0.2, 0) is 22.7 Å². The van der Waals surface area contributed by atoms with Crippen molar-refractivity contribution in [3.05, 3.63) is 99.8 Å². The zero-order valence-corrected chi connectivity index (χ0v) is 19.6. The molecule has 0 N–H and O–H groups in total. The smallest absolute Gasteiger partial charge is 0.247 e. The van der Waals surface area contributed by atoms with Crippen LogP contribution in [0, 0.1) is 6.92 Å². The van der Waals surface area contributed by atoms with Gasteiger partial charge in [-0.2, -0.15) is 0 Å². The molecule has 1 aromatic heterocycles. The lowest BCUT2D eigenvalue weighted by Crippen LogP contribution is -2.42. The molecule has 4 nitrogen and oxygen atoms in total. The highest BCUT2D eigenvalue weighted by Crippen LogP contribution is 2.19. The van der Waals surface area contributed by atoms with Crippen molar-refractivity contribution in [1.82, 2.24) is 9.80 Å². The second kappa shape index (κ2) is 12.0. The van der Waals surface area contributed by atoms with Gasteiger partial charge in [-0.25, -0.2) is 0 Å². The number of carbonyl (C=O) groups excluding carboxylic acids is 2. The fraction of sp³-hybridized carbons (Fsp3) is 0.259. The molecule has 0 saturated heterocycles. The van der Waals surface area contributed by atoms with Gasteiger partial charge in [0.2, 0.25) is 11.8 Å². The summed E-state index contributed by atoms with van der Waals surface area (Å²) in [5.41, 5.74) is 2.04. The largest absolute Gasteiger partial charge is 0.332 e. The van der Waals surface area contributed by atoms with E-state index in [4.69, 9.17) is 0 Å². The molecule has 2 aromatic carbocycles. The Kier molecular flexibility index (Phi) is 8.81. The highest BCUT2D eigenvalue weighted by Gasteiger charge is 2.21. The van der Waals surface area contributed by atoms with Crippen LogP contribution >= 0.6 is 11.3 Å². The molecule has 3 rings (SSSR count). The zero-order valence-electron chi connectivity index (χ0n) is 18.7. The third-order valence-corrected chi connectivity index (χ3v) is 6.05. The predicted molar refractivity (Wildman–Crippen MR) is 132 cm³/mol. The van der Waals surface area contributed by atoms with Gasteiger partial charge in [0.25, 0.3) is 0 Å². The molecule has 32 heavy (non-hydrogen) atoms. The van der Waals surface area contributed by atoms with Gasteiger partial charge in [-0.05, 0) is 42.7 Å². The van der Waals surface area contributed by atoms with E-state index in [0.717, 1.165) is 22.4 Å². The topological polar surface area (TPSA) is 40.6 Å². The molecule has 0 aliphatic heterocycles. The van der Waals surface area contributed by atoms with E-state index in [1.165, 1.54) is 4.88 Å². The summed E-state index contributed by atoms with van der Waals surface area (Å²) in [7, 11) is 0. The van der Waals surface area contributed by atoms with Crippen LogP contribution in [0.1, 0.15) is 34.2 Å². The van der Waals surface area contributed by atoms with Crippen LogP contribution in [0.15, 0.2) is 78.9 Å². The summed E-state index contributed by atoms with van der Waals surface area (Å²) in [4.78, 5) is 32.0. The number of hydrogen-bond donors (Lipinski definition) is 0. The van der Waals surface area contributed by atoms with E-state index in [9.17, 15) is 9.59 Å². The van der Waals surface area contributed by atoms with Gasteiger partial charge >= 0.3 is 0 Å². The van der Waals surface area contributed by atoms with E-state index >= 15 is 0 Å². The van der Waals surface area contributed by atoms with Gasteiger partial charge in [-0.15, -0.1) is 11.3 Å². The minimum absolute atomic E-state index is 0.0465. The lowest BCUT2D eigenvalue weighted by Gasteiger charge is -2.27. The summed E-state index contributed by atoms with van der Waals surface area (Å²) in [5.74, 6) is -0.189. The summed E-state index contributed by atoms with van der Waals surface area (Å²) >= 11 is 1.70. The molecule has 3 aromatic rings. The average molecular weight is 447 g/mol. The van der Waals surface area contributed by atoms with Crippen molar-refractivity contribution in [2.45, 2.75) is 33.4 Å². The number of hydrogen-bond acceptors (Lipinski definition) is 3. The summed E-state index contributed by atoms with van der Waals surface area (Å²) in [6.45, 7) is 5.76. The maximum absolute atomic E-state index is 13.3. The van der Waals surface area contributed by atoms with Crippen LogP contribution in [0.2, 0.25) is 0 Å².